The maximum Gasteiger partial charge on any atom is 0.323 e. The van der Waals surface area contributed by atoms with Crippen molar-refractivity contribution in [3.05, 3.63) is 34.5 Å². The van der Waals surface area contributed by atoms with Gasteiger partial charge in [-0.25, -0.2) is 0 Å². The van der Waals surface area contributed by atoms with Gasteiger partial charge >= 0.3 is 11.9 Å². The number of carbonyl (C=O) groups is 2. The van der Waals surface area contributed by atoms with Crippen LogP contribution in [-0.2, 0) is 30.2 Å². The fraction of sp³-hybridized carbons (Fsp3) is 0.500. The normalized spacial score (nSPS) is 19.1. The van der Waals surface area contributed by atoms with Gasteiger partial charge in [0.1, 0.15) is 0 Å². The molecule has 1 aromatic rings. The van der Waals surface area contributed by atoms with E-state index in [0.717, 1.165) is 10.4 Å². The molecule has 0 aliphatic heterocycles. The highest BCUT2D eigenvalue weighted by atomic mass is 32.1. The third kappa shape index (κ3) is 2.94. The summed E-state index contributed by atoms with van der Waals surface area (Å²) in [6.07, 6.45) is 2.31. The van der Waals surface area contributed by atoms with Gasteiger partial charge in [0.2, 0.25) is 0 Å². The van der Waals surface area contributed by atoms with Crippen LogP contribution in [0.1, 0.15) is 22.8 Å². The van der Waals surface area contributed by atoms with Crippen LogP contribution in [-0.4, -0.2) is 39.4 Å². The van der Waals surface area contributed by atoms with E-state index in [9.17, 15) is 9.59 Å². The van der Waals surface area contributed by atoms with Crippen molar-refractivity contribution >= 4 is 23.3 Å². The zero-order valence-electron chi connectivity index (χ0n) is 12.8. The minimum absolute atomic E-state index is 0.0399. The topological polar surface area (TPSA) is 61.8 Å². The van der Waals surface area contributed by atoms with Crippen LogP contribution in [0.5, 0.6) is 0 Å². The standard InChI is InChI=1S/C16H20O5S/c1-4-6-21-10-12-9-16(14(17)19-2,15(18)20-3)8-11-5-7-22-13(11)12/h4-5,7,12H,1,6,8-10H2,2-3H3. The Bertz CT molecular complexity index is 547. The van der Waals surface area contributed by atoms with Crippen LogP contribution in [0, 0.1) is 5.41 Å². The average Bonchev–Trinajstić information content (AvgIpc) is 3.01. The Morgan fingerprint density at radius 2 is 2.09 bits per heavy atom. The first-order valence-corrected chi connectivity index (χ1v) is 7.88. The van der Waals surface area contributed by atoms with E-state index in [0.29, 0.717) is 26.1 Å². The molecule has 0 N–H and O–H groups in total. The minimum Gasteiger partial charge on any atom is -0.468 e. The van der Waals surface area contributed by atoms with Crippen molar-refractivity contribution in [3.8, 4) is 0 Å². The van der Waals surface area contributed by atoms with Crippen molar-refractivity contribution in [2.45, 2.75) is 18.8 Å². The number of hydrogen-bond acceptors (Lipinski definition) is 6. The van der Waals surface area contributed by atoms with Gasteiger partial charge in [0.05, 0.1) is 27.4 Å². The second-order valence-corrected chi connectivity index (χ2v) is 6.23. The van der Waals surface area contributed by atoms with E-state index in [1.807, 2.05) is 11.4 Å². The highest BCUT2D eigenvalue weighted by Crippen LogP contribution is 2.46. The molecule has 5 nitrogen and oxygen atoms in total. The third-order valence-electron chi connectivity index (χ3n) is 3.95. The summed E-state index contributed by atoms with van der Waals surface area (Å²) >= 11 is 1.62. The number of thiophene rings is 1. The predicted octanol–water partition coefficient (Wildman–Crippen LogP) is 2.31. The third-order valence-corrected chi connectivity index (χ3v) is 5.07. The maximum atomic E-state index is 12.3. The van der Waals surface area contributed by atoms with Gasteiger partial charge in [0.25, 0.3) is 0 Å². The van der Waals surface area contributed by atoms with E-state index in [-0.39, 0.29) is 5.92 Å². The molecule has 120 valence electrons. The number of esters is 2. The van der Waals surface area contributed by atoms with Gasteiger partial charge in [-0.1, -0.05) is 6.08 Å². The zero-order valence-corrected chi connectivity index (χ0v) is 13.6. The lowest BCUT2D eigenvalue weighted by molar-refractivity contribution is -0.171. The van der Waals surface area contributed by atoms with Crippen LogP contribution in [0.15, 0.2) is 24.1 Å². The number of ether oxygens (including phenoxy) is 3. The Morgan fingerprint density at radius 1 is 1.41 bits per heavy atom. The van der Waals surface area contributed by atoms with Gasteiger partial charge in [-0.15, -0.1) is 17.9 Å². The summed E-state index contributed by atoms with van der Waals surface area (Å²) in [5.41, 5.74) is -0.306. The molecule has 1 heterocycles. The quantitative estimate of drug-likeness (QED) is 0.348. The van der Waals surface area contributed by atoms with Crippen LogP contribution in [0.3, 0.4) is 0 Å². The Kier molecular flexibility index (Phi) is 5.37. The molecule has 0 fully saturated rings. The zero-order chi connectivity index (χ0) is 16.2. The molecule has 1 unspecified atom stereocenters. The summed E-state index contributed by atoms with van der Waals surface area (Å²) in [7, 11) is 2.58. The van der Waals surface area contributed by atoms with Gasteiger partial charge in [0.15, 0.2) is 5.41 Å². The molecule has 0 radical (unpaired) electrons. The molecule has 0 saturated carbocycles. The molecule has 22 heavy (non-hydrogen) atoms. The Labute approximate surface area is 133 Å². The molecule has 2 rings (SSSR count). The first-order chi connectivity index (χ1) is 10.6. The summed E-state index contributed by atoms with van der Waals surface area (Å²) in [6, 6.07) is 1.94. The van der Waals surface area contributed by atoms with Crippen LogP contribution < -0.4 is 0 Å². The van der Waals surface area contributed by atoms with E-state index in [1.54, 1.807) is 17.4 Å². The van der Waals surface area contributed by atoms with Crippen LogP contribution >= 0.6 is 11.3 Å². The van der Waals surface area contributed by atoms with Crippen LogP contribution in [0.25, 0.3) is 0 Å². The van der Waals surface area contributed by atoms with Crippen molar-refractivity contribution in [1.29, 1.82) is 0 Å². The van der Waals surface area contributed by atoms with Gasteiger partial charge in [-0.2, -0.15) is 0 Å². The molecular formula is C16H20O5S. The lowest BCUT2D eigenvalue weighted by Gasteiger charge is -2.36. The van der Waals surface area contributed by atoms with Gasteiger partial charge in [0, 0.05) is 17.2 Å². The summed E-state index contributed by atoms with van der Waals surface area (Å²) in [5.74, 6) is -1.14. The van der Waals surface area contributed by atoms with Crippen LogP contribution in [0.4, 0.5) is 0 Å². The molecule has 0 spiro atoms. The number of methoxy groups -OCH3 is 2. The molecule has 1 atom stereocenters. The van der Waals surface area contributed by atoms with Crippen molar-refractivity contribution < 1.29 is 23.8 Å². The molecular weight excluding hydrogens is 304 g/mol. The number of hydrogen-bond donors (Lipinski definition) is 0. The van der Waals surface area contributed by atoms with Gasteiger partial charge in [-0.05, 0) is 23.4 Å². The highest BCUT2D eigenvalue weighted by Gasteiger charge is 2.53. The van der Waals surface area contributed by atoms with E-state index in [4.69, 9.17) is 14.2 Å². The van der Waals surface area contributed by atoms with Crippen LogP contribution in [0.2, 0.25) is 0 Å². The smallest absolute Gasteiger partial charge is 0.323 e. The first-order valence-electron chi connectivity index (χ1n) is 7.00. The molecule has 1 aromatic heterocycles. The molecule has 0 aromatic carbocycles. The van der Waals surface area contributed by atoms with Gasteiger partial charge < -0.3 is 14.2 Å². The summed E-state index contributed by atoms with van der Waals surface area (Å²) in [4.78, 5) is 25.8. The molecule has 0 bridgehead atoms. The summed E-state index contributed by atoms with van der Waals surface area (Å²) in [5, 5.41) is 1.97. The lowest BCUT2D eigenvalue weighted by atomic mass is 9.69. The summed E-state index contributed by atoms with van der Waals surface area (Å²) in [6.45, 7) is 4.48. The first kappa shape index (κ1) is 16.7. The van der Waals surface area contributed by atoms with E-state index >= 15 is 0 Å². The summed E-state index contributed by atoms with van der Waals surface area (Å²) < 4.78 is 15.3. The highest BCUT2D eigenvalue weighted by molar-refractivity contribution is 7.10. The SMILES string of the molecule is C=CCOCC1CC(C(=O)OC)(C(=O)OC)Cc2ccsc21. The second kappa shape index (κ2) is 7.07. The average molecular weight is 324 g/mol. The number of carbonyl (C=O) groups excluding carboxylic acids is 2. The lowest BCUT2D eigenvalue weighted by Crippen LogP contribution is -2.46. The molecule has 0 amide bonds. The molecule has 6 heteroatoms. The van der Waals surface area contributed by atoms with E-state index in [1.165, 1.54) is 14.2 Å². The second-order valence-electron chi connectivity index (χ2n) is 5.28. The Hall–Kier alpha value is -1.66. The largest absolute Gasteiger partial charge is 0.468 e. The number of rotatable bonds is 6. The van der Waals surface area contributed by atoms with Gasteiger partial charge in [-0.3, -0.25) is 9.59 Å². The fourth-order valence-electron chi connectivity index (χ4n) is 2.98. The van der Waals surface area contributed by atoms with E-state index < -0.39 is 17.4 Å². The molecule has 0 saturated heterocycles. The minimum atomic E-state index is -1.29. The van der Waals surface area contributed by atoms with Crippen molar-refractivity contribution in [3.63, 3.8) is 0 Å². The van der Waals surface area contributed by atoms with Crippen molar-refractivity contribution in [1.82, 2.24) is 0 Å². The van der Waals surface area contributed by atoms with Crippen molar-refractivity contribution in [2.24, 2.45) is 5.41 Å². The monoisotopic (exact) mass is 324 g/mol. The maximum absolute atomic E-state index is 12.3. The fourth-order valence-corrected chi connectivity index (χ4v) is 3.99. The Balaban J connectivity index is 2.35. The Morgan fingerprint density at radius 3 is 2.68 bits per heavy atom. The molecule has 1 aliphatic rings. The predicted molar refractivity (Wildman–Crippen MR) is 82.9 cm³/mol. The van der Waals surface area contributed by atoms with Crippen molar-refractivity contribution in [2.75, 3.05) is 27.4 Å². The number of fused-ring (bicyclic) bond motifs is 1. The van der Waals surface area contributed by atoms with E-state index in [2.05, 4.69) is 6.58 Å². The molecule has 1 aliphatic carbocycles.